The largest absolute Gasteiger partial charge is 1.00 e. The Kier molecular flexibility index (Phi) is 5.39. The first kappa shape index (κ1) is 17.5. The number of carboxylic acids is 1. The van der Waals surface area contributed by atoms with Crippen molar-refractivity contribution < 1.29 is 54.8 Å². The summed E-state index contributed by atoms with van der Waals surface area (Å²) in [5, 5.41) is 9.89. The summed E-state index contributed by atoms with van der Waals surface area (Å²) in [6.45, 7) is 8.35. The Bertz CT molecular complexity index is 748. The average Bonchev–Trinajstić information content (AvgIpc) is 2.73. The molecule has 21 heavy (non-hydrogen) atoms. The zero-order valence-corrected chi connectivity index (χ0v) is 14.4. The van der Waals surface area contributed by atoms with Gasteiger partial charge in [0.1, 0.15) is 11.3 Å². The topological polar surface area (TPSA) is 76.7 Å². The molecule has 1 aromatic carbocycles. The Morgan fingerprint density at radius 2 is 2.00 bits per heavy atom. The Morgan fingerprint density at radius 1 is 1.38 bits per heavy atom. The van der Waals surface area contributed by atoms with Crippen LogP contribution in [0, 0.1) is 13.8 Å². The number of hydrogen-bond donors (Lipinski definition) is 1. The van der Waals surface area contributed by atoms with Gasteiger partial charge in [-0.15, -0.1) is 0 Å². The number of carbonyl (C=O) groups is 2. The molecule has 1 N–H and O–H groups in total. The third-order valence-corrected chi connectivity index (χ3v) is 3.07. The predicted octanol–water partition coefficient (Wildman–Crippen LogP) is 0.189. The van der Waals surface area contributed by atoms with Crippen LogP contribution in [0.1, 0.15) is 25.0 Å². The second kappa shape index (κ2) is 6.47. The molecule has 0 amide bonds. The van der Waals surface area contributed by atoms with Gasteiger partial charge in [-0.2, -0.15) is 0 Å². The van der Waals surface area contributed by atoms with Gasteiger partial charge in [-0.05, 0) is 25.5 Å². The Hall–Kier alpha value is -1.56. The molecule has 0 atom stereocenters. The number of hydrogen-bond acceptors (Lipinski definition) is 4. The van der Waals surface area contributed by atoms with Crippen molar-refractivity contribution in [2.75, 3.05) is 0 Å². The first-order valence-electron chi connectivity index (χ1n) is 5.95. The summed E-state index contributed by atoms with van der Waals surface area (Å²) in [7, 11) is 0. The SMILES string of the molecule is C=C(C(=O)O)c1cc2c(C)coc2c(C)c1OC(C)=O.[H-].[Na+]. The van der Waals surface area contributed by atoms with Crippen molar-refractivity contribution >= 4 is 28.5 Å². The molecule has 0 aliphatic rings. The fourth-order valence-electron chi connectivity index (χ4n) is 2.05. The summed E-state index contributed by atoms with van der Waals surface area (Å²) >= 11 is 0. The predicted molar refractivity (Wildman–Crippen MR) is 74.8 cm³/mol. The molecule has 1 heterocycles. The van der Waals surface area contributed by atoms with E-state index in [9.17, 15) is 9.59 Å². The smallest absolute Gasteiger partial charge is 1.00 e. The molecule has 0 saturated heterocycles. The number of aliphatic carboxylic acids is 1. The van der Waals surface area contributed by atoms with Crippen molar-refractivity contribution in [2.45, 2.75) is 20.8 Å². The summed E-state index contributed by atoms with van der Waals surface area (Å²) in [5.74, 6) is -1.53. The molecule has 5 nitrogen and oxygen atoms in total. The molecule has 1 aromatic heterocycles. The normalized spacial score (nSPS) is 10.0. The second-order valence-corrected chi connectivity index (χ2v) is 4.55. The quantitative estimate of drug-likeness (QED) is 0.379. The zero-order chi connectivity index (χ0) is 15.0. The van der Waals surface area contributed by atoms with Gasteiger partial charge in [0, 0.05) is 23.4 Å². The number of esters is 1. The van der Waals surface area contributed by atoms with E-state index in [1.807, 2.05) is 6.92 Å². The summed E-state index contributed by atoms with van der Waals surface area (Å²) < 4.78 is 10.6. The summed E-state index contributed by atoms with van der Waals surface area (Å²) in [5.41, 5.74) is 2.16. The molecule has 0 unspecified atom stereocenters. The molecule has 2 rings (SSSR count). The summed E-state index contributed by atoms with van der Waals surface area (Å²) in [6.07, 6.45) is 1.57. The van der Waals surface area contributed by atoms with Crippen molar-refractivity contribution in [1.82, 2.24) is 0 Å². The average molecular weight is 298 g/mol. The zero-order valence-electron chi connectivity index (χ0n) is 13.4. The molecule has 0 aliphatic carbocycles. The summed E-state index contributed by atoms with van der Waals surface area (Å²) in [6, 6.07) is 1.62. The van der Waals surface area contributed by atoms with Crippen LogP contribution >= 0.6 is 0 Å². The van der Waals surface area contributed by atoms with E-state index in [4.69, 9.17) is 14.3 Å². The van der Waals surface area contributed by atoms with E-state index in [2.05, 4.69) is 6.58 Å². The molecule has 6 heteroatoms. The number of furan rings is 1. The Labute approximate surface area is 145 Å². The van der Waals surface area contributed by atoms with Gasteiger partial charge >= 0.3 is 41.5 Å². The van der Waals surface area contributed by atoms with E-state index in [0.29, 0.717) is 11.1 Å². The molecular weight excluding hydrogens is 283 g/mol. The number of fused-ring (bicyclic) bond motifs is 1. The maximum atomic E-state index is 11.2. The van der Waals surface area contributed by atoms with E-state index < -0.39 is 11.9 Å². The third-order valence-electron chi connectivity index (χ3n) is 3.07. The van der Waals surface area contributed by atoms with E-state index in [-0.39, 0.29) is 47.9 Å². The van der Waals surface area contributed by atoms with Gasteiger partial charge in [0.05, 0.1) is 11.8 Å². The second-order valence-electron chi connectivity index (χ2n) is 4.55. The fourth-order valence-corrected chi connectivity index (χ4v) is 2.05. The molecule has 2 aromatic rings. The Balaban J connectivity index is 0.00000220. The van der Waals surface area contributed by atoms with Crippen molar-refractivity contribution in [3.05, 3.63) is 35.6 Å². The molecule has 0 saturated carbocycles. The van der Waals surface area contributed by atoms with Gasteiger partial charge in [0.2, 0.25) is 0 Å². The third kappa shape index (κ3) is 3.20. The molecule has 0 spiro atoms. The van der Waals surface area contributed by atoms with Crippen LogP contribution in [-0.2, 0) is 9.59 Å². The van der Waals surface area contributed by atoms with Gasteiger partial charge in [0.15, 0.2) is 0 Å². The molecule has 0 bridgehead atoms. The van der Waals surface area contributed by atoms with Gasteiger partial charge in [-0.3, -0.25) is 4.79 Å². The van der Waals surface area contributed by atoms with Crippen LogP contribution < -0.4 is 34.3 Å². The van der Waals surface area contributed by atoms with Gasteiger partial charge in [0.25, 0.3) is 0 Å². The molecule has 106 valence electrons. The van der Waals surface area contributed by atoms with E-state index in [0.717, 1.165) is 10.9 Å². The number of aryl methyl sites for hydroxylation is 2. The van der Waals surface area contributed by atoms with E-state index in [1.54, 1.807) is 19.3 Å². The van der Waals surface area contributed by atoms with E-state index >= 15 is 0 Å². The minimum atomic E-state index is -1.17. The van der Waals surface area contributed by atoms with Crippen LogP contribution in [0.3, 0.4) is 0 Å². The van der Waals surface area contributed by atoms with Crippen LogP contribution in [0.5, 0.6) is 5.75 Å². The number of benzene rings is 1. The first-order chi connectivity index (χ1) is 9.32. The number of carboxylic acid groups (broad SMARTS) is 1. The standard InChI is InChI=1S/C15H14O5.Na.H/c1-7-6-19-13-9(3)14(20-10(4)16)12(5-11(7)13)8(2)15(17)18;;/h5-6H,2H2,1,3-4H3,(H,17,18);;/q;+1;-1. The van der Waals surface area contributed by atoms with E-state index in [1.165, 1.54) is 6.92 Å². The molecule has 0 radical (unpaired) electrons. The van der Waals surface area contributed by atoms with Crippen molar-refractivity contribution in [2.24, 2.45) is 0 Å². The number of carbonyl (C=O) groups excluding carboxylic acids is 1. The molecule has 0 fully saturated rings. The molecular formula is C15H15NaO5. The van der Waals surface area contributed by atoms with Crippen LogP contribution in [-0.4, -0.2) is 17.0 Å². The minimum Gasteiger partial charge on any atom is -1.00 e. The number of rotatable bonds is 3. The van der Waals surface area contributed by atoms with Crippen molar-refractivity contribution in [1.29, 1.82) is 0 Å². The number of ether oxygens (including phenoxy) is 1. The van der Waals surface area contributed by atoms with Crippen LogP contribution in [0.2, 0.25) is 0 Å². The van der Waals surface area contributed by atoms with Gasteiger partial charge in [-0.25, -0.2) is 4.79 Å². The maximum absolute atomic E-state index is 11.2. The minimum absolute atomic E-state index is 0. The van der Waals surface area contributed by atoms with Crippen molar-refractivity contribution in [3.8, 4) is 5.75 Å². The van der Waals surface area contributed by atoms with Crippen LogP contribution in [0.15, 0.2) is 23.3 Å². The van der Waals surface area contributed by atoms with Gasteiger partial charge < -0.3 is 15.7 Å². The van der Waals surface area contributed by atoms with Crippen molar-refractivity contribution in [3.63, 3.8) is 0 Å². The van der Waals surface area contributed by atoms with Crippen LogP contribution in [0.4, 0.5) is 0 Å². The maximum Gasteiger partial charge on any atom is 1.00 e. The fraction of sp³-hybridized carbons (Fsp3) is 0.200. The van der Waals surface area contributed by atoms with Gasteiger partial charge in [-0.1, -0.05) is 6.58 Å². The first-order valence-corrected chi connectivity index (χ1v) is 5.95. The molecule has 0 aliphatic heterocycles. The van der Waals surface area contributed by atoms with Crippen LogP contribution in [0.25, 0.3) is 16.5 Å². The Morgan fingerprint density at radius 3 is 2.52 bits per heavy atom. The monoisotopic (exact) mass is 298 g/mol. The summed E-state index contributed by atoms with van der Waals surface area (Å²) in [4.78, 5) is 22.4.